The number of carbonyl (C=O) groups is 2. The molecular formula is C20H33N3O2. The number of nitrogens with zero attached hydrogens (tertiary/aromatic N) is 2. The van der Waals surface area contributed by atoms with Crippen molar-refractivity contribution in [3.63, 3.8) is 0 Å². The van der Waals surface area contributed by atoms with E-state index in [9.17, 15) is 9.59 Å². The maximum absolute atomic E-state index is 13.0. The number of amides is 2. The maximum atomic E-state index is 13.0. The molecule has 140 valence electrons. The van der Waals surface area contributed by atoms with Crippen molar-refractivity contribution in [2.75, 3.05) is 19.6 Å². The summed E-state index contributed by atoms with van der Waals surface area (Å²) in [5.41, 5.74) is 6.92. The van der Waals surface area contributed by atoms with Crippen LogP contribution >= 0.6 is 0 Å². The fraction of sp³-hybridized carbons (Fsp3) is 0.800. The molecule has 5 heteroatoms. The summed E-state index contributed by atoms with van der Waals surface area (Å²) in [6.45, 7) is 11.2. The Bertz CT molecular complexity index is 571. The topological polar surface area (TPSA) is 66.6 Å². The molecule has 0 spiro atoms. The van der Waals surface area contributed by atoms with Crippen molar-refractivity contribution in [2.45, 2.75) is 65.5 Å². The van der Waals surface area contributed by atoms with Gasteiger partial charge in [-0.3, -0.25) is 14.5 Å². The summed E-state index contributed by atoms with van der Waals surface area (Å²) in [7, 11) is 0. The molecule has 2 heterocycles. The molecule has 25 heavy (non-hydrogen) atoms. The summed E-state index contributed by atoms with van der Waals surface area (Å²) >= 11 is 0. The summed E-state index contributed by atoms with van der Waals surface area (Å²) in [4.78, 5) is 28.9. The van der Waals surface area contributed by atoms with Crippen molar-refractivity contribution >= 4 is 11.8 Å². The van der Waals surface area contributed by atoms with Gasteiger partial charge in [-0.1, -0.05) is 25.5 Å². The van der Waals surface area contributed by atoms with E-state index in [-0.39, 0.29) is 23.3 Å². The molecule has 3 aliphatic rings. The third-order valence-electron chi connectivity index (χ3n) is 6.56. The molecule has 3 fully saturated rings. The van der Waals surface area contributed by atoms with Crippen molar-refractivity contribution < 1.29 is 9.59 Å². The third-order valence-corrected chi connectivity index (χ3v) is 6.56. The summed E-state index contributed by atoms with van der Waals surface area (Å²) in [5, 5.41) is 0. The number of carbonyl (C=O) groups excluding carboxylic acids is 2. The Labute approximate surface area is 151 Å². The van der Waals surface area contributed by atoms with Gasteiger partial charge >= 0.3 is 0 Å². The van der Waals surface area contributed by atoms with E-state index in [0.29, 0.717) is 17.9 Å². The minimum absolute atomic E-state index is 0.0806. The molecule has 1 saturated carbocycles. The van der Waals surface area contributed by atoms with Crippen LogP contribution in [0.2, 0.25) is 0 Å². The van der Waals surface area contributed by atoms with Crippen molar-refractivity contribution in [1.82, 2.24) is 9.80 Å². The highest BCUT2D eigenvalue weighted by Gasteiger charge is 2.61. The second-order valence-electron chi connectivity index (χ2n) is 8.92. The van der Waals surface area contributed by atoms with E-state index in [2.05, 4.69) is 43.6 Å². The summed E-state index contributed by atoms with van der Waals surface area (Å²) in [6.07, 6.45) is 6.10. The molecule has 2 saturated heterocycles. The predicted octanol–water partition coefficient (Wildman–Crippen LogP) is 2.17. The van der Waals surface area contributed by atoms with Gasteiger partial charge in [0.2, 0.25) is 11.8 Å². The zero-order valence-corrected chi connectivity index (χ0v) is 16.1. The molecule has 2 N–H and O–H groups in total. The average molecular weight is 348 g/mol. The fourth-order valence-electron chi connectivity index (χ4n) is 4.97. The van der Waals surface area contributed by atoms with E-state index in [0.717, 1.165) is 45.3 Å². The van der Waals surface area contributed by atoms with Gasteiger partial charge in [-0.25, -0.2) is 0 Å². The number of likely N-dealkylation sites (tertiary alicyclic amines) is 2. The Balaban J connectivity index is 1.57. The number of nitrogens with two attached hydrogens (primary N) is 1. The number of hydrogen-bond acceptors (Lipinski definition) is 3. The van der Waals surface area contributed by atoms with Crippen LogP contribution in [0.1, 0.15) is 53.4 Å². The van der Waals surface area contributed by atoms with E-state index in [1.807, 2.05) is 0 Å². The van der Waals surface area contributed by atoms with Crippen LogP contribution in [0.15, 0.2) is 11.6 Å². The number of rotatable bonds is 4. The van der Waals surface area contributed by atoms with Gasteiger partial charge in [0.15, 0.2) is 0 Å². The Hall–Kier alpha value is -1.36. The van der Waals surface area contributed by atoms with Crippen LogP contribution in [0.4, 0.5) is 0 Å². The standard InChI is InChI=1S/C20H33N3O2/c1-13(2)12-15-17(20(15,3)4)19(25)22-10-7-14(8-11-22)23-9-5-6-16(23)18(21)24/h12,14-17H,5-11H2,1-4H3,(H2,21,24)/t15-,16-,17+/m1/s1. The molecule has 0 aromatic carbocycles. The van der Waals surface area contributed by atoms with Crippen LogP contribution in [0, 0.1) is 17.3 Å². The molecule has 0 aromatic heterocycles. The monoisotopic (exact) mass is 347 g/mol. The SMILES string of the molecule is CC(C)=C[C@@H]1[C@@H](C(=O)N2CCC(N3CCC[C@@H]3C(N)=O)CC2)C1(C)C. The Morgan fingerprint density at radius 1 is 1.08 bits per heavy atom. The molecule has 0 bridgehead atoms. The number of allylic oxidation sites excluding steroid dienone is 2. The minimum Gasteiger partial charge on any atom is -0.368 e. The zero-order chi connectivity index (χ0) is 18.4. The average Bonchev–Trinajstić information content (AvgIpc) is 2.92. The molecule has 2 aliphatic heterocycles. The summed E-state index contributed by atoms with van der Waals surface area (Å²) < 4.78 is 0. The summed E-state index contributed by atoms with van der Waals surface area (Å²) in [6, 6.07) is 0.293. The highest BCUT2D eigenvalue weighted by atomic mass is 16.2. The fourth-order valence-corrected chi connectivity index (χ4v) is 4.97. The van der Waals surface area contributed by atoms with Crippen LogP contribution in [-0.2, 0) is 9.59 Å². The second kappa shape index (κ2) is 6.75. The lowest BCUT2D eigenvalue weighted by Gasteiger charge is -2.38. The first-order valence-electron chi connectivity index (χ1n) is 9.72. The molecule has 5 nitrogen and oxygen atoms in total. The Morgan fingerprint density at radius 2 is 1.72 bits per heavy atom. The Morgan fingerprint density at radius 3 is 2.28 bits per heavy atom. The van der Waals surface area contributed by atoms with E-state index >= 15 is 0 Å². The van der Waals surface area contributed by atoms with E-state index in [1.165, 1.54) is 5.57 Å². The Kier molecular flexibility index (Phi) is 4.97. The first kappa shape index (κ1) is 18.4. The second-order valence-corrected chi connectivity index (χ2v) is 8.92. The molecule has 0 aromatic rings. The van der Waals surface area contributed by atoms with Crippen LogP contribution in [-0.4, -0.2) is 53.3 Å². The van der Waals surface area contributed by atoms with Crippen LogP contribution < -0.4 is 5.73 Å². The number of hydrogen-bond donors (Lipinski definition) is 1. The van der Waals surface area contributed by atoms with Gasteiger partial charge in [0.25, 0.3) is 0 Å². The molecule has 0 radical (unpaired) electrons. The van der Waals surface area contributed by atoms with Crippen LogP contribution in [0.5, 0.6) is 0 Å². The summed E-state index contributed by atoms with van der Waals surface area (Å²) in [5.74, 6) is 0.628. The van der Waals surface area contributed by atoms with Gasteiger partial charge in [0.1, 0.15) is 0 Å². The van der Waals surface area contributed by atoms with Crippen molar-refractivity contribution in [2.24, 2.45) is 23.0 Å². The molecule has 3 atom stereocenters. The highest BCUT2D eigenvalue weighted by molar-refractivity contribution is 5.84. The maximum Gasteiger partial charge on any atom is 0.234 e. The van der Waals surface area contributed by atoms with E-state index < -0.39 is 0 Å². The number of primary amides is 1. The smallest absolute Gasteiger partial charge is 0.234 e. The van der Waals surface area contributed by atoms with Crippen molar-refractivity contribution in [3.8, 4) is 0 Å². The van der Waals surface area contributed by atoms with Crippen LogP contribution in [0.3, 0.4) is 0 Å². The quantitative estimate of drug-likeness (QED) is 0.793. The van der Waals surface area contributed by atoms with Gasteiger partial charge in [-0.15, -0.1) is 0 Å². The first-order chi connectivity index (χ1) is 11.7. The van der Waals surface area contributed by atoms with Gasteiger partial charge < -0.3 is 10.6 Å². The zero-order valence-electron chi connectivity index (χ0n) is 16.1. The van der Waals surface area contributed by atoms with Gasteiger partial charge in [0, 0.05) is 19.1 Å². The molecule has 1 aliphatic carbocycles. The normalized spacial score (nSPS) is 32.5. The highest BCUT2D eigenvalue weighted by Crippen LogP contribution is 2.60. The molecule has 2 amide bonds. The van der Waals surface area contributed by atoms with Gasteiger partial charge in [0.05, 0.1) is 12.0 Å². The van der Waals surface area contributed by atoms with Crippen molar-refractivity contribution in [3.05, 3.63) is 11.6 Å². The third kappa shape index (κ3) is 3.48. The van der Waals surface area contributed by atoms with E-state index in [4.69, 9.17) is 5.73 Å². The largest absolute Gasteiger partial charge is 0.368 e. The lowest BCUT2D eigenvalue weighted by atomic mass is 10.0. The number of piperidine rings is 1. The lowest BCUT2D eigenvalue weighted by Crippen LogP contribution is -2.51. The molecule has 3 rings (SSSR count). The van der Waals surface area contributed by atoms with Gasteiger partial charge in [-0.05, 0) is 57.4 Å². The molecule has 0 unspecified atom stereocenters. The lowest BCUT2D eigenvalue weighted by molar-refractivity contribution is -0.135. The predicted molar refractivity (Wildman–Crippen MR) is 98.7 cm³/mol. The van der Waals surface area contributed by atoms with Gasteiger partial charge in [-0.2, -0.15) is 0 Å². The first-order valence-corrected chi connectivity index (χ1v) is 9.72. The van der Waals surface area contributed by atoms with Crippen LogP contribution in [0.25, 0.3) is 0 Å². The molecular weight excluding hydrogens is 314 g/mol. The van der Waals surface area contributed by atoms with E-state index in [1.54, 1.807) is 0 Å². The minimum atomic E-state index is -0.194. The van der Waals surface area contributed by atoms with Crippen molar-refractivity contribution in [1.29, 1.82) is 0 Å².